The lowest BCUT2D eigenvalue weighted by Gasteiger charge is -2.17. The molecule has 0 spiro atoms. The standard InChI is InChI=1S/C14H24N2O/c1-11(2)17-10-14(16-15)9-8-13-6-4-12(3)5-7-13/h4-7,11,14,16H,8-10,15H2,1-3H3. The Labute approximate surface area is 104 Å². The van der Waals surface area contributed by atoms with Crippen molar-refractivity contribution in [2.45, 2.75) is 45.8 Å². The summed E-state index contributed by atoms with van der Waals surface area (Å²) >= 11 is 0. The SMILES string of the molecule is Cc1ccc(CCC(COC(C)C)NN)cc1. The van der Waals surface area contributed by atoms with E-state index < -0.39 is 0 Å². The van der Waals surface area contributed by atoms with Crippen LogP contribution in [0.4, 0.5) is 0 Å². The molecule has 1 unspecified atom stereocenters. The highest BCUT2D eigenvalue weighted by atomic mass is 16.5. The van der Waals surface area contributed by atoms with Crippen molar-refractivity contribution in [1.29, 1.82) is 0 Å². The maximum atomic E-state index is 5.56. The molecule has 3 nitrogen and oxygen atoms in total. The minimum absolute atomic E-state index is 0.221. The Morgan fingerprint density at radius 3 is 2.41 bits per heavy atom. The zero-order chi connectivity index (χ0) is 12.7. The number of aryl methyl sites for hydroxylation is 2. The van der Waals surface area contributed by atoms with Crippen LogP contribution in [0.15, 0.2) is 24.3 Å². The average molecular weight is 236 g/mol. The zero-order valence-electron chi connectivity index (χ0n) is 11.1. The Morgan fingerprint density at radius 1 is 1.24 bits per heavy atom. The molecule has 0 amide bonds. The van der Waals surface area contributed by atoms with Gasteiger partial charge in [-0.1, -0.05) is 29.8 Å². The lowest BCUT2D eigenvalue weighted by Crippen LogP contribution is -2.39. The molecule has 0 heterocycles. The fourth-order valence-electron chi connectivity index (χ4n) is 1.62. The molecule has 0 saturated heterocycles. The number of hydrogen-bond donors (Lipinski definition) is 2. The minimum atomic E-state index is 0.221. The van der Waals surface area contributed by atoms with Crippen LogP contribution in [0.2, 0.25) is 0 Å². The molecule has 3 N–H and O–H groups in total. The van der Waals surface area contributed by atoms with E-state index in [4.69, 9.17) is 10.6 Å². The first kappa shape index (κ1) is 14.2. The van der Waals surface area contributed by atoms with Gasteiger partial charge in [0.25, 0.3) is 0 Å². The Bertz CT molecular complexity index is 309. The van der Waals surface area contributed by atoms with Crippen molar-refractivity contribution in [1.82, 2.24) is 5.43 Å². The smallest absolute Gasteiger partial charge is 0.0636 e. The molecule has 96 valence electrons. The second-order valence-corrected chi connectivity index (χ2v) is 4.77. The fraction of sp³-hybridized carbons (Fsp3) is 0.571. The van der Waals surface area contributed by atoms with E-state index >= 15 is 0 Å². The normalized spacial score (nSPS) is 13.0. The number of hydrogen-bond acceptors (Lipinski definition) is 3. The van der Waals surface area contributed by atoms with Gasteiger partial charge in [-0.2, -0.15) is 0 Å². The van der Waals surface area contributed by atoms with Gasteiger partial charge in [-0.15, -0.1) is 0 Å². The third-order valence-electron chi connectivity index (χ3n) is 2.77. The first-order valence-electron chi connectivity index (χ1n) is 6.25. The van der Waals surface area contributed by atoms with Crippen LogP contribution in [0, 0.1) is 6.92 Å². The number of rotatable bonds is 7. The number of hydrazine groups is 1. The number of nitrogens with two attached hydrogens (primary N) is 1. The molecule has 1 aromatic rings. The van der Waals surface area contributed by atoms with E-state index in [-0.39, 0.29) is 12.1 Å². The molecule has 17 heavy (non-hydrogen) atoms. The summed E-state index contributed by atoms with van der Waals surface area (Å²) in [5, 5.41) is 0. The molecule has 0 aromatic heterocycles. The Hall–Kier alpha value is -0.900. The zero-order valence-corrected chi connectivity index (χ0v) is 11.1. The summed E-state index contributed by atoms with van der Waals surface area (Å²) in [5.41, 5.74) is 5.46. The first-order chi connectivity index (χ1) is 8.11. The van der Waals surface area contributed by atoms with Crippen molar-refractivity contribution in [3.8, 4) is 0 Å². The Kier molecular flexibility index (Phi) is 6.19. The summed E-state index contributed by atoms with van der Waals surface area (Å²) in [4.78, 5) is 0. The molecular weight excluding hydrogens is 212 g/mol. The largest absolute Gasteiger partial charge is 0.377 e. The molecule has 0 aliphatic heterocycles. The molecule has 0 saturated carbocycles. The summed E-state index contributed by atoms with van der Waals surface area (Å²) in [6.07, 6.45) is 2.27. The Balaban J connectivity index is 2.34. The van der Waals surface area contributed by atoms with Gasteiger partial charge in [-0.05, 0) is 39.2 Å². The van der Waals surface area contributed by atoms with E-state index in [1.54, 1.807) is 0 Å². The van der Waals surface area contributed by atoms with Gasteiger partial charge >= 0.3 is 0 Å². The van der Waals surface area contributed by atoms with Crippen molar-refractivity contribution in [3.63, 3.8) is 0 Å². The van der Waals surface area contributed by atoms with Crippen molar-refractivity contribution in [2.24, 2.45) is 5.84 Å². The van der Waals surface area contributed by atoms with E-state index in [9.17, 15) is 0 Å². The minimum Gasteiger partial charge on any atom is -0.377 e. The maximum absolute atomic E-state index is 5.56. The van der Waals surface area contributed by atoms with Crippen LogP contribution >= 0.6 is 0 Å². The monoisotopic (exact) mass is 236 g/mol. The highest BCUT2D eigenvalue weighted by Crippen LogP contribution is 2.07. The van der Waals surface area contributed by atoms with Crippen molar-refractivity contribution in [2.75, 3.05) is 6.61 Å². The van der Waals surface area contributed by atoms with Crippen LogP contribution in [0.25, 0.3) is 0 Å². The van der Waals surface area contributed by atoms with Crippen LogP contribution < -0.4 is 11.3 Å². The van der Waals surface area contributed by atoms with Gasteiger partial charge in [0.15, 0.2) is 0 Å². The lowest BCUT2D eigenvalue weighted by molar-refractivity contribution is 0.0596. The van der Waals surface area contributed by atoms with E-state index in [1.165, 1.54) is 11.1 Å². The van der Waals surface area contributed by atoms with Crippen LogP contribution in [-0.2, 0) is 11.2 Å². The molecule has 0 aliphatic carbocycles. The first-order valence-corrected chi connectivity index (χ1v) is 6.25. The van der Waals surface area contributed by atoms with Crippen molar-refractivity contribution < 1.29 is 4.74 Å². The number of benzene rings is 1. The summed E-state index contributed by atoms with van der Waals surface area (Å²) in [5.74, 6) is 5.52. The Morgan fingerprint density at radius 2 is 1.88 bits per heavy atom. The average Bonchev–Trinajstić information content (AvgIpc) is 2.31. The maximum Gasteiger partial charge on any atom is 0.0636 e. The number of ether oxygens (including phenoxy) is 1. The number of nitrogens with one attached hydrogen (secondary N) is 1. The molecule has 1 atom stereocenters. The molecule has 0 aliphatic rings. The van der Waals surface area contributed by atoms with Crippen LogP contribution in [-0.4, -0.2) is 18.8 Å². The van der Waals surface area contributed by atoms with E-state index in [2.05, 4.69) is 36.6 Å². The fourth-order valence-corrected chi connectivity index (χ4v) is 1.62. The quantitative estimate of drug-likeness (QED) is 0.563. The third-order valence-corrected chi connectivity index (χ3v) is 2.77. The van der Waals surface area contributed by atoms with E-state index in [0.717, 1.165) is 12.8 Å². The molecule has 3 heteroatoms. The van der Waals surface area contributed by atoms with Crippen LogP contribution in [0.1, 0.15) is 31.4 Å². The van der Waals surface area contributed by atoms with Crippen LogP contribution in [0.3, 0.4) is 0 Å². The highest BCUT2D eigenvalue weighted by molar-refractivity contribution is 5.21. The third kappa shape index (κ3) is 5.82. The predicted octanol–water partition coefficient (Wildman–Crippen LogP) is 2.18. The van der Waals surface area contributed by atoms with Gasteiger partial charge < -0.3 is 4.74 Å². The summed E-state index contributed by atoms with van der Waals surface area (Å²) in [6.45, 7) is 6.84. The predicted molar refractivity (Wildman–Crippen MR) is 71.7 cm³/mol. The molecule has 1 rings (SSSR count). The van der Waals surface area contributed by atoms with Gasteiger partial charge in [-0.3, -0.25) is 11.3 Å². The summed E-state index contributed by atoms with van der Waals surface area (Å²) < 4.78 is 5.56. The van der Waals surface area contributed by atoms with E-state index in [0.29, 0.717) is 6.61 Å². The van der Waals surface area contributed by atoms with Gasteiger partial charge in [0, 0.05) is 6.04 Å². The molecule has 0 bridgehead atoms. The molecular formula is C14H24N2O. The van der Waals surface area contributed by atoms with Gasteiger partial charge in [0.1, 0.15) is 0 Å². The summed E-state index contributed by atoms with van der Waals surface area (Å²) in [7, 11) is 0. The van der Waals surface area contributed by atoms with Gasteiger partial charge in [0.05, 0.1) is 12.7 Å². The van der Waals surface area contributed by atoms with E-state index in [1.807, 2.05) is 13.8 Å². The van der Waals surface area contributed by atoms with Crippen LogP contribution in [0.5, 0.6) is 0 Å². The molecule has 1 aromatic carbocycles. The molecule has 0 radical (unpaired) electrons. The van der Waals surface area contributed by atoms with Crippen molar-refractivity contribution >= 4 is 0 Å². The topological polar surface area (TPSA) is 47.3 Å². The molecule has 0 fully saturated rings. The second-order valence-electron chi connectivity index (χ2n) is 4.77. The highest BCUT2D eigenvalue weighted by Gasteiger charge is 2.08. The van der Waals surface area contributed by atoms with Gasteiger partial charge in [0.2, 0.25) is 0 Å². The van der Waals surface area contributed by atoms with Gasteiger partial charge in [-0.25, -0.2) is 0 Å². The summed E-state index contributed by atoms with van der Waals surface area (Å²) in [6, 6.07) is 8.85. The second kappa shape index (κ2) is 7.43. The lowest BCUT2D eigenvalue weighted by atomic mass is 10.0. The van der Waals surface area contributed by atoms with Crippen molar-refractivity contribution in [3.05, 3.63) is 35.4 Å².